The van der Waals surface area contributed by atoms with Crippen LogP contribution in [0.1, 0.15) is 17.2 Å². The number of nitrogens with zero attached hydrogens (tertiary/aromatic N) is 4. The van der Waals surface area contributed by atoms with E-state index in [0.717, 1.165) is 10.6 Å². The Bertz CT molecular complexity index is 790. The topological polar surface area (TPSA) is 51.0 Å². The lowest BCUT2D eigenvalue weighted by atomic mass is 10.1. The average Bonchev–Trinajstić information content (AvgIpc) is 2.93. The molecule has 1 aliphatic heterocycles. The second-order valence-corrected chi connectivity index (χ2v) is 5.72. The first-order chi connectivity index (χ1) is 11.3. The van der Waals surface area contributed by atoms with Crippen LogP contribution in [0.2, 0.25) is 5.02 Å². The third kappa shape index (κ3) is 3.21. The molecule has 5 nitrogen and oxygen atoms in total. The third-order valence-electron chi connectivity index (χ3n) is 3.72. The van der Waals surface area contributed by atoms with Crippen LogP contribution >= 0.6 is 11.6 Å². The van der Waals surface area contributed by atoms with Gasteiger partial charge in [-0.05, 0) is 17.7 Å². The molecule has 1 aliphatic rings. The lowest BCUT2D eigenvalue weighted by Crippen LogP contribution is -2.40. The zero-order valence-corrected chi connectivity index (χ0v) is 12.9. The first-order valence-corrected chi connectivity index (χ1v) is 7.34. The standard InChI is InChI=1S/C14H11ClF4N4O/c15-10-6-9(16)2-1-8(10)5-12(24)22-3-4-23-11(7-22)20-21-13(23)14(17,18)19/h1-2,6H,3-5,7H2. The molecule has 1 aromatic carbocycles. The zero-order valence-electron chi connectivity index (χ0n) is 12.1. The normalized spacial score (nSPS) is 14.6. The molecule has 0 bridgehead atoms. The molecule has 0 atom stereocenters. The molecule has 2 aromatic rings. The van der Waals surface area contributed by atoms with Gasteiger partial charge in [0.25, 0.3) is 0 Å². The molecule has 0 saturated heterocycles. The maximum atomic E-state index is 13.0. The highest BCUT2D eigenvalue weighted by atomic mass is 35.5. The molecule has 0 spiro atoms. The second kappa shape index (κ2) is 6.04. The Hall–Kier alpha value is -2.16. The number of halogens is 5. The summed E-state index contributed by atoms with van der Waals surface area (Å²) in [4.78, 5) is 13.7. The summed E-state index contributed by atoms with van der Waals surface area (Å²) < 4.78 is 52.3. The molecule has 2 heterocycles. The van der Waals surface area contributed by atoms with Gasteiger partial charge in [0.15, 0.2) is 5.82 Å². The molecule has 128 valence electrons. The summed E-state index contributed by atoms with van der Waals surface area (Å²) in [6.07, 6.45) is -4.65. The van der Waals surface area contributed by atoms with Crippen molar-refractivity contribution in [2.75, 3.05) is 6.54 Å². The van der Waals surface area contributed by atoms with Crippen LogP contribution < -0.4 is 0 Å². The van der Waals surface area contributed by atoms with Crippen LogP contribution in [0.25, 0.3) is 0 Å². The van der Waals surface area contributed by atoms with Gasteiger partial charge in [-0.2, -0.15) is 13.2 Å². The van der Waals surface area contributed by atoms with Crippen LogP contribution in [0.5, 0.6) is 0 Å². The van der Waals surface area contributed by atoms with Crippen molar-refractivity contribution in [2.45, 2.75) is 25.7 Å². The van der Waals surface area contributed by atoms with Crippen LogP contribution in [-0.2, 0) is 30.5 Å². The Morgan fingerprint density at radius 2 is 2.00 bits per heavy atom. The summed E-state index contributed by atoms with van der Waals surface area (Å²) in [5, 5.41) is 6.80. The highest BCUT2D eigenvalue weighted by molar-refractivity contribution is 6.31. The van der Waals surface area contributed by atoms with E-state index in [0.29, 0.717) is 5.56 Å². The molecule has 0 N–H and O–H groups in total. The number of carbonyl (C=O) groups is 1. The van der Waals surface area contributed by atoms with Crippen molar-refractivity contribution in [1.29, 1.82) is 0 Å². The van der Waals surface area contributed by atoms with Crippen LogP contribution in [0.3, 0.4) is 0 Å². The lowest BCUT2D eigenvalue weighted by molar-refractivity contribution is -0.148. The molecule has 1 aromatic heterocycles. The summed E-state index contributed by atoms with van der Waals surface area (Å²) in [6.45, 7) is -0.00738. The largest absolute Gasteiger partial charge is 0.451 e. The molecule has 0 unspecified atom stereocenters. The van der Waals surface area contributed by atoms with E-state index >= 15 is 0 Å². The number of fused-ring (bicyclic) bond motifs is 1. The first-order valence-electron chi connectivity index (χ1n) is 6.96. The van der Waals surface area contributed by atoms with Crippen molar-refractivity contribution < 1.29 is 22.4 Å². The Morgan fingerprint density at radius 3 is 2.67 bits per heavy atom. The monoisotopic (exact) mass is 362 g/mol. The molecule has 24 heavy (non-hydrogen) atoms. The van der Waals surface area contributed by atoms with E-state index < -0.39 is 17.8 Å². The van der Waals surface area contributed by atoms with Crippen LogP contribution in [-0.4, -0.2) is 32.1 Å². The fraction of sp³-hybridized carbons (Fsp3) is 0.357. The molecular weight excluding hydrogens is 352 g/mol. The minimum Gasteiger partial charge on any atom is -0.333 e. The SMILES string of the molecule is O=C(Cc1ccc(F)cc1Cl)N1CCn2c(nnc2C(F)(F)F)C1. The molecule has 0 saturated carbocycles. The van der Waals surface area contributed by atoms with Gasteiger partial charge in [0.1, 0.15) is 5.82 Å². The Balaban J connectivity index is 1.73. The predicted molar refractivity (Wildman–Crippen MR) is 75.6 cm³/mol. The molecule has 1 amide bonds. The van der Waals surface area contributed by atoms with Gasteiger partial charge in [0, 0.05) is 18.1 Å². The van der Waals surface area contributed by atoms with Crippen molar-refractivity contribution in [3.05, 3.63) is 46.3 Å². The van der Waals surface area contributed by atoms with Crippen LogP contribution in [0.15, 0.2) is 18.2 Å². The molecular formula is C14H11ClF4N4O. The first kappa shape index (κ1) is 16.7. The smallest absolute Gasteiger partial charge is 0.333 e. The van der Waals surface area contributed by atoms with Gasteiger partial charge in [-0.15, -0.1) is 10.2 Å². The number of hydrogen-bond donors (Lipinski definition) is 0. The molecule has 0 radical (unpaired) electrons. The molecule has 3 rings (SSSR count). The summed E-state index contributed by atoms with van der Waals surface area (Å²) in [6, 6.07) is 3.70. The lowest BCUT2D eigenvalue weighted by Gasteiger charge is -2.28. The van der Waals surface area contributed by atoms with Crippen molar-refractivity contribution in [3.8, 4) is 0 Å². The van der Waals surface area contributed by atoms with E-state index in [4.69, 9.17) is 11.6 Å². The van der Waals surface area contributed by atoms with Gasteiger partial charge in [-0.25, -0.2) is 4.39 Å². The number of benzene rings is 1. The summed E-state index contributed by atoms with van der Waals surface area (Å²) in [5.74, 6) is -1.83. The Labute approximate surface area is 138 Å². The van der Waals surface area contributed by atoms with Gasteiger partial charge in [0.2, 0.25) is 11.7 Å². The third-order valence-corrected chi connectivity index (χ3v) is 4.07. The van der Waals surface area contributed by atoms with Crippen LogP contribution in [0, 0.1) is 5.82 Å². The minimum atomic E-state index is -4.58. The minimum absolute atomic E-state index is 0.0416. The fourth-order valence-electron chi connectivity index (χ4n) is 2.52. The number of alkyl halides is 3. The molecule has 0 fully saturated rings. The highest BCUT2D eigenvalue weighted by Crippen LogP contribution is 2.29. The number of amides is 1. The van der Waals surface area contributed by atoms with Gasteiger partial charge in [-0.1, -0.05) is 17.7 Å². The quantitative estimate of drug-likeness (QED) is 0.772. The van der Waals surface area contributed by atoms with Gasteiger partial charge >= 0.3 is 6.18 Å². The predicted octanol–water partition coefficient (Wildman–Crippen LogP) is 2.67. The molecule has 10 heteroatoms. The second-order valence-electron chi connectivity index (χ2n) is 5.32. The van der Waals surface area contributed by atoms with E-state index in [1.54, 1.807) is 0 Å². The maximum Gasteiger partial charge on any atom is 0.451 e. The Kier molecular flexibility index (Phi) is 4.20. The van der Waals surface area contributed by atoms with Crippen molar-refractivity contribution in [1.82, 2.24) is 19.7 Å². The summed E-state index contributed by atoms with van der Waals surface area (Å²) >= 11 is 5.88. The van der Waals surface area contributed by atoms with E-state index in [1.165, 1.54) is 17.0 Å². The summed E-state index contributed by atoms with van der Waals surface area (Å²) in [7, 11) is 0. The van der Waals surface area contributed by atoms with Gasteiger partial charge in [-0.3, -0.25) is 4.79 Å². The number of hydrogen-bond acceptors (Lipinski definition) is 3. The Morgan fingerprint density at radius 1 is 1.25 bits per heavy atom. The highest BCUT2D eigenvalue weighted by Gasteiger charge is 2.39. The van der Waals surface area contributed by atoms with Gasteiger partial charge in [0.05, 0.1) is 13.0 Å². The maximum absolute atomic E-state index is 13.0. The van der Waals surface area contributed by atoms with Crippen molar-refractivity contribution in [3.63, 3.8) is 0 Å². The van der Waals surface area contributed by atoms with Crippen LogP contribution in [0.4, 0.5) is 17.6 Å². The van der Waals surface area contributed by atoms with Crippen molar-refractivity contribution >= 4 is 17.5 Å². The molecule has 0 aliphatic carbocycles. The number of carbonyl (C=O) groups excluding carboxylic acids is 1. The average molecular weight is 363 g/mol. The van der Waals surface area contributed by atoms with E-state index in [-0.39, 0.29) is 42.8 Å². The van der Waals surface area contributed by atoms with E-state index in [1.807, 2.05) is 0 Å². The zero-order chi connectivity index (χ0) is 17.5. The van der Waals surface area contributed by atoms with E-state index in [2.05, 4.69) is 10.2 Å². The summed E-state index contributed by atoms with van der Waals surface area (Å²) in [5.41, 5.74) is 0.450. The van der Waals surface area contributed by atoms with Gasteiger partial charge < -0.3 is 9.47 Å². The number of aromatic nitrogens is 3. The fourth-order valence-corrected chi connectivity index (χ4v) is 2.75. The number of rotatable bonds is 2. The van der Waals surface area contributed by atoms with E-state index in [9.17, 15) is 22.4 Å². The van der Waals surface area contributed by atoms with Crippen molar-refractivity contribution in [2.24, 2.45) is 0 Å².